The van der Waals surface area contributed by atoms with Crippen LogP contribution in [0, 0.1) is 0 Å². The Morgan fingerprint density at radius 1 is 1.03 bits per heavy atom. The van der Waals surface area contributed by atoms with Crippen molar-refractivity contribution >= 4 is 39.5 Å². The van der Waals surface area contributed by atoms with Gasteiger partial charge in [-0.2, -0.15) is 4.31 Å². The Morgan fingerprint density at radius 3 is 2.38 bits per heavy atom. The van der Waals surface area contributed by atoms with Crippen molar-refractivity contribution in [2.24, 2.45) is 0 Å². The molecule has 8 heteroatoms. The summed E-state index contributed by atoms with van der Waals surface area (Å²) in [6.07, 6.45) is 3.58. The molecule has 154 valence electrons. The van der Waals surface area contributed by atoms with Gasteiger partial charge in [0.15, 0.2) is 0 Å². The first-order chi connectivity index (χ1) is 14.0. The molecular formula is C21H25N3O3S2. The number of rotatable bonds is 7. The summed E-state index contributed by atoms with van der Waals surface area (Å²) < 4.78 is 26.5. The zero-order valence-corrected chi connectivity index (χ0v) is 18.0. The summed E-state index contributed by atoms with van der Waals surface area (Å²) in [5.41, 5.74) is 1.65. The van der Waals surface area contributed by atoms with Gasteiger partial charge in [0.1, 0.15) is 0 Å². The van der Waals surface area contributed by atoms with Crippen molar-refractivity contribution in [2.75, 3.05) is 44.3 Å². The van der Waals surface area contributed by atoms with Gasteiger partial charge in [-0.25, -0.2) is 8.42 Å². The van der Waals surface area contributed by atoms with E-state index in [0.29, 0.717) is 26.2 Å². The van der Waals surface area contributed by atoms with Crippen LogP contribution in [0.25, 0.3) is 6.08 Å². The van der Waals surface area contributed by atoms with E-state index in [9.17, 15) is 13.2 Å². The maximum absolute atomic E-state index is 12.5. The smallest absolute Gasteiger partial charge is 0.238 e. The van der Waals surface area contributed by atoms with Crippen molar-refractivity contribution in [3.63, 3.8) is 0 Å². The third kappa shape index (κ3) is 6.17. The fourth-order valence-electron chi connectivity index (χ4n) is 3.10. The number of para-hydroxylation sites is 1. The fraction of sp³-hybridized carbons (Fsp3) is 0.286. The van der Waals surface area contributed by atoms with E-state index in [4.69, 9.17) is 0 Å². The molecule has 0 radical (unpaired) electrons. The highest BCUT2D eigenvalue weighted by Gasteiger charge is 2.26. The molecule has 0 saturated carbocycles. The third-order valence-corrected chi connectivity index (χ3v) is 7.03. The molecule has 1 fully saturated rings. The number of carbonyl (C=O) groups is 1. The highest BCUT2D eigenvalue weighted by atomic mass is 32.2. The first kappa shape index (κ1) is 21.6. The van der Waals surface area contributed by atoms with E-state index >= 15 is 0 Å². The molecule has 0 atom stereocenters. The summed E-state index contributed by atoms with van der Waals surface area (Å²) in [4.78, 5) is 15.4. The molecule has 2 aromatic rings. The number of amides is 1. The van der Waals surface area contributed by atoms with Crippen LogP contribution in [0.3, 0.4) is 0 Å². The Labute approximate surface area is 176 Å². The van der Waals surface area contributed by atoms with Gasteiger partial charge in [0.05, 0.1) is 12.2 Å². The predicted octanol–water partition coefficient (Wildman–Crippen LogP) is 2.97. The normalized spacial score (nSPS) is 16.2. The molecule has 3 rings (SSSR count). The van der Waals surface area contributed by atoms with Gasteiger partial charge in [0.25, 0.3) is 0 Å². The lowest BCUT2D eigenvalue weighted by Gasteiger charge is -2.32. The van der Waals surface area contributed by atoms with E-state index in [2.05, 4.69) is 5.32 Å². The molecule has 1 aliphatic rings. The molecule has 0 aromatic heterocycles. The molecule has 1 amide bonds. The minimum Gasteiger partial charge on any atom is -0.324 e. The SMILES string of the molecule is CSc1ccccc1NC(=O)CN1CCN(S(=O)(=O)/C=C/c2ccccc2)CC1. The van der Waals surface area contributed by atoms with E-state index in [-0.39, 0.29) is 12.5 Å². The maximum atomic E-state index is 12.5. The van der Waals surface area contributed by atoms with E-state index in [1.54, 1.807) is 17.8 Å². The highest BCUT2D eigenvalue weighted by molar-refractivity contribution is 7.98. The number of thioether (sulfide) groups is 1. The zero-order chi connectivity index (χ0) is 20.7. The van der Waals surface area contributed by atoms with Crippen LogP contribution in [-0.2, 0) is 14.8 Å². The third-order valence-electron chi connectivity index (χ3n) is 4.67. The predicted molar refractivity (Wildman–Crippen MR) is 119 cm³/mol. The second-order valence-electron chi connectivity index (χ2n) is 6.68. The van der Waals surface area contributed by atoms with Crippen molar-refractivity contribution in [3.8, 4) is 0 Å². The molecule has 29 heavy (non-hydrogen) atoms. The number of benzene rings is 2. The van der Waals surface area contributed by atoms with Crippen LogP contribution in [0.4, 0.5) is 5.69 Å². The molecule has 0 bridgehead atoms. The van der Waals surface area contributed by atoms with Crippen LogP contribution in [0.1, 0.15) is 5.56 Å². The summed E-state index contributed by atoms with van der Waals surface area (Å²) in [6.45, 7) is 2.04. The van der Waals surface area contributed by atoms with Crippen molar-refractivity contribution in [2.45, 2.75) is 4.90 Å². The molecule has 0 spiro atoms. The van der Waals surface area contributed by atoms with Crippen LogP contribution in [0.2, 0.25) is 0 Å². The van der Waals surface area contributed by atoms with Crippen molar-refractivity contribution in [1.29, 1.82) is 0 Å². The topological polar surface area (TPSA) is 69.7 Å². The molecule has 1 N–H and O–H groups in total. The van der Waals surface area contributed by atoms with Gasteiger partial charge in [-0.1, -0.05) is 42.5 Å². The largest absolute Gasteiger partial charge is 0.324 e. The van der Waals surface area contributed by atoms with Gasteiger partial charge in [0.2, 0.25) is 15.9 Å². The number of hydrogen-bond donors (Lipinski definition) is 1. The average molecular weight is 432 g/mol. The average Bonchev–Trinajstić information content (AvgIpc) is 2.74. The summed E-state index contributed by atoms with van der Waals surface area (Å²) in [5, 5.41) is 4.20. The highest BCUT2D eigenvalue weighted by Crippen LogP contribution is 2.24. The Bertz CT molecular complexity index is 954. The van der Waals surface area contributed by atoms with E-state index in [1.165, 1.54) is 9.71 Å². The molecule has 1 heterocycles. The lowest BCUT2D eigenvalue weighted by Crippen LogP contribution is -2.49. The summed E-state index contributed by atoms with van der Waals surface area (Å²) >= 11 is 1.58. The van der Waals surface area contributed by atoms with Gasteiger partial charge >= 0.3 is 0 Å². The van der Waals surface area contributed by atoms with Gasteiger partial charge in [-0.05, 0) is 30.0 Å². The Morgan fingerprint density at radius 2 is 1.69 bits per heavy atom. The first-order valence-electron chi connectivity index (χ1n) is 9.36. The zero-order valence-electron chi connectivity index (χ0n) is 16.3. The van der Waals surface area contributed by atoms with Crippen LogP contribution >= 0.6 is 11.8 Å². The summed E-state index contributed by atoms with van der Waals surface area (Å²) in [7, 11) is -3.47. The Balaban J connectivity index is 1.51. The molecular weight excluding hydrogens is 406 g/mol. The number of sulfonamides is 1. The van der Waals surface area contributed by atoms with Crippen molar-refractivity contribution in [3.05, 3.63) is 65.6 Å². The standard InChI is InChI=1S/C21H25N3O3S2/c1-28-20-10-6-5-9-19(20)22-21(25)17-23-12-14-24(15-13-23)29(26,27)16-11-18-7-3-2-4-8-18/h2-11,16H,12-15,17H2,1H3,(H,22,25)/b16-11+. The van der Waals surface area contributed by atoms with Crippen LogP contribution in [0.15, 0.2) is 64.9 Å². The molecule has 2 aromatic carbocycles. The van der Waals surface area contributed by atoms with Crippen molar-refractivity contribution < 1.29 is 13.2 Å². The van der Waals surface area contributed by atoms with E-state index < -0.39 is 10.0 Å². The van der Waals surface area contributed by atoms with Gasteiger partial charge < -0.3 is 5.32 Å². The quantitative estimate of drug-likeness (QED) is 0.683. The summed E-state index contributed by atoms with van der Waals surface area (Å²) in [6, 6.07) is 17.0. The Hall–Kier alpha value is -2.13. The Kier molecular flexibility index (Phi) is 7.49. The van der Waals surface area contributed by atoms with Crippen molar-refractivity contribution in [1.82, 2.24) is 9.21 Å². The number of hydrogen-bond acceptors (Lipinski definition) is 5. The first-order valence-corrected chi connectivity index (χ1v) is 12.1. The lowest BCUT2D eigenvalue weighted by atomic mass is 10.2. The minimum atomic E-state index is -3.47. The van der Waals surface area contributed by atoms with Gasteiger partial charge in [-0.15, -0.1) is 11.8 Å². The van der Waals surface area contributed by atoms with Crippen LogP contribution in [0.5, 0.6) is 0 Å². The number of nitrogens with zero attached hydrogens (tertiary/aromatic N) is 2. The lowest BCUT2D eigenvalue weighted by molar-refractivity contribution is -0.117. The monoisotopic (exact) mass is 431 g/mol. The molecule has 6 nitrogen and oxygen atoms in total. The molecule has 0 aliphatic carbocycles. The van der Waals surface area contributed by atoms with Gasteiger partial charge in [0, 0.05) is 36.5 Å². The van der Waals surface area contributed by atoms with Crippen LogP contribution < -0.4 is 5.32 Å². The number of nitrogens with one attached hydrogen (secondary N) is 1. The molecule has 0 unspecified atom stereocenters. The van der Waals surface area contributed by atoms with E-state index in [0.717, 1.165) is 16.1 Å². The molecule has 1 aliphatic heterocycles. The minimum absolute atomic E-state index is 0.0909. The number of anilines is 1. The van der Waals surface area contributed by atoms with Crippen LogP contribution in [-0.4, -0.2) is 62.5 Å². The maximum Gasteiger partial charge on any atom is 0.238 e. The van der Waals surface area contributed by atoms with E-state index in [1.807, 2.05) is 65.8 Å². The fourth-order valence-corrected chi connectivity index (χ4v) is 4.82. The number of piperazine rings is 1. The number of carbonyl (C=O) groups excluding carboxylic acids is 1. The summed E-state index contributed by atoms with van der Waals surface area (Å²) in [5.74, 6) is -0.0909. The molecule has 1 saturated heterocycles. The second-order valence-corrected chi connectivity index (χ2v) is 9.35. The second kappa shape index (κ2) is 10.1. The van der Waals surface area contributed by atoms with Gasteiger partial charge in [-0.3, -0.25) is 9.69 Å².